The molecule has 0 aromatic heterocycles. The Morgan fingerprint density at radius 2 is 2.00 bits per heavy atom. The maximum absolute atomic E-state index is 11.5. The molecule has 1 fully saturated rings. The van der Waals surface area contributed by atoms with Gasteiger partial charge in [0.25, 0.3) is 0 Å². The monoisotopic (exact) mass is 199 g/mol. The topological polar surface area (TPSA) is 66.4 Å². The summed E-state index contributed by atoms with van der Waals surface area (Å²) in [5.74, 6) is -1.22. The molecule has 80 valence electrons. The first-order chi connectivity index (χ1) is 6.61. The molecule has 0 bridgehead atoms. The first kappa shape index (κ1) is 11.0. The lowest BCUT2D eigenvalue weighted by atomic mass is 10.1. The van der Waals surface area contributed by atoms with Crippen LogP contribution < -0.4 is 5.32 Å². The number of hydrogen-bond acceptors (Lipinski definition) is 2. The lowest BCUT2D eigenvalue weighted by molar-refractivity contribution is -0.141. The zero-order chi connectivity index (χ0) is 10.6. The summed E-state index contributed by atoms with van der Waals surface area (Å²) in [5, 5.41) is 11.3. The minimum atomic E-state index is -0.864. The summed E-state index contributed by atoms with van der Waals surface area (Å²) in [6.45, 7) is 1.84. The largest absolute Gasteiger partial charge is 0.481 e. The van der Waals surface area contributed by atoms with Crippen LogP contribution in [0.4, 0.5) is 0 Å². The molecule has 1 unspecified atom stereocenters. The molecule has 0 saturated heterocycles. The Labute approximate surface area is 83.7 Å². The van der Waals surface area contributed by atoms with Crippen molar-refractivity contribution in [3.05, 3.63) is 0 Å². The molecule has 0 aromatic rings. The third-order valence-corrected chi connectivity index (χ3v) is 2.73. The van der Waals surface area contributed by atoms with Gasteiger partial charge in [0.1, 0.15) is 0 Å². The second-order valence-electron chi connectivity index (χ2n) is 3.97. The number of carboxylic acids is 1. The molecule has 0 heterocycles. The van der Waals surface area contributed by atoms with E-state index >= 15 is 0 Å². The van der Waals surface area contributed by atoms with Gasteiger partial charge in [0.2, 0.25) is 5.91 Å². The summed E-state index contributed by atoms with van der Waals surface area (Å²) in [4.78, 5) is 22.0. The predicted octanol–water partition coefficient (Wildman–Crippen LogP) is 1.01. The van der Waals surface area contributed by atoms with Crippen LogP contribution in [0, 0.1) is 11.8 Å². The molecule has 0 aliphatic heterocycles. The summed E-state index contributed by atoms with van der Waals surface area (Å²) in [7, 11) is 0. The fourth-order valence-electron chi connectivity index (χ4n) is 1.67. The molecule has 1 amide bonds. The molecule has 1 aliphatic rings. The van der Waals surface area contributed by atoms with Gasteiger partial charge in [0.15, 0.2) is 0 Å². The van der Waals surface area contributed by atoms with Gasteiger partial charge >= 0.3 is 5.97 Å². The normalized spacial score (nSPS) is 19.2. The van der Waals surface area contributed by atoms with Crippen LogP contribution in [0.1, 0.15) is 32.6 Å². The van der Waals surface area contributed by atoms with Crippen molar-refractivity contribution in [3.8, 4) is 0 Å². The van der Waals surface area contributed by atoms with Crippen LogP contribution in [0.5, 0.6) is 0 Å². The zero-order valence-electron chi connectivity index (χ0n) is 8.45. The standard InChI is InChI=1S/C10H17NO3/c1-7(10(13)14)6-11-9(12)8-4-2-3-5-8/h7-8H,2-6H2,1H3,(H,11,12)(H,13,14). The summed E-state index contributed by atoms with van der Waals surface area (Å²) in [5.41, 5.74) is 0. The van der Waals surface area contributed by atoms with Gasteiger partial charge < -0.3 is 10.4 Å². The Kier molecular flexibility index (Phi) is 3.92. The van der Waals surface area contributed by atoms with E-state index in [1.165, 1.54) is 0 Å². The van der Waals surface area contributed by atoms with Crippen LogP contribution in [-0.4, -0.2) is 23.5 Å². The molecule has 1 rings (SSSR count). The highest BCUT2D eigenvalue weighted by molar-refractivity contribution is 5.79. The van der Waals surface area contributed by atoms with E-state index in [9.17, 15) is 9.59 Å². The van der Waals surface area contributed by atoms with E-state index in [-0.39, 0.29) is 18.4 Å². The molecule has 0 radical (unpaired) electrons. The summed E-state index contributed by atoms with van der Waals surface area (Å²) < 4.78 is 0. The minimum Gasteiger partial charge on any atom is -0.481 e. The highest BCUT2D eigenvalue weighted by Gasteiger charge is 2.23. The second kappa shape index (κ2) is 4.98. The zero-order valence-corrected chi connectivity index (χ0v) is 8.45. The number of aliphatic carboxylic acids is 1. The summed E-state index contributed by atoms with van der Waals surface area (Å²) in [6.07, 6.45) is 4.14. The molecule has 4 heteroatoms. The van der Waals surface area contributed by atoms with E-state index in [1.807, 2.05) is 0 Å². The Balaban J connectivity index is 2.23. The number of amides is 1. The number of nitrogens with one attached hydrogen (secondary N) is 1. The maximum Gasteiger partial charge on any atom is 0.308 e. The van der Waals surface area contributed by atoms with E-state index < -0.39 is 11.9 Å². The first-order valence-electron chi connectivity index (χ1n) is 5.11. The van der Waals surface area contributed by atoms with Crippen molar-refractivity contribution in [2.75, 3.05) is 6.54 Å². The Hall–Kier alpha value is -1.06. The van der Waals surface area contributed by atoms with Crippen LogP contribution in [-0.2, 0) is 9.59 Å². The summed E-state index contributed by atoms with van der Waals surface area (Å²) in [6, 6.07) is 0. The van der Waals surface area contributed by atoms with E-state index in [1.54, 1.807) is 6.92 Å². The SMILES string of the molecule is CC(CNC(=O)C1CCCC1)C(=O)O. The van der Waals surface area contributed by atoms with E-state index in [4.69, 9.17) is 5.11 Å². The average molecular weight is 199 g/mol. The maximum atomic E-state index is 11.5. The number of hydrogen-bond donors (Lipinski definition) is 2. The van der Waals surface area contributed by atoms with Gasteiger partial charge in [0.05, 0.1) is 5.92 Å². The molecule has 1 atom stereocenters. The summed E-state index contributed by atoms with van der Waals surface area (Å²) >= 11 is 0. The highest BCUT2D eigenvalue weighted by Crippen LogP contribution is 2.24. The number of rotatable bonds is 4. The van der Waals surface area contributed by atoms with Crippen molar-refractivity contribution >= 4 is 11.9 Å². The van der Waals surface area contributed by atoms with Gasteiger partial charge in [-0.05, 0) is 12.8 Å². The van der Waals surface area contributed by atoms with Gasteiger partial charge in [-0.1, -0.05) is 19.8 Å². The lowest BCUT2D eigenvalue weighted by Gasteiger charge is -2.12. The van der Waals surface area contributed by atoms with Crippen molar-refractivity contribution in [1.29, 1.82) is 0 Å². The first-order valence-corrected chi connectivity index (χ1v) is 5.11. The van der Waals surface area contributed by atoms with Crippen molar-refractivity contribution in [3.63, 3.8) is 0 Å². The van der Waals surface area contributed by atoms with Crippen molar-refractivity contribution in [2.45, 2.75) is 32.6 Å². The smallest absolute Gasteiger partial charge is 0.308 e. The second-order valence-corrected chi connectivity index (χ2v) is 3.97. The van der Waals surface area contributed by atoms with Crippen molar-refractivity contribution in [1.82, 2.24) is 5.32 Å². The van der Waals surface area contributed by atoms with Gasteiger partial charge in [-0.25, -0.2) is 0 Å². The molecular formula is C10H17NO3. The van der Waals surface area contributed by atoms with E-state index in [0.717, 1.165) is 25.7 Å². The van der Waals surface area contributed by atoms with E-state index in [0.29, 0.717) is 0 Å². The molecule has 0 aromatic carbocycles. The molecule has 1 saturated carbocycles. The van der Waals surface area contributed by atoms with Crippen molar-refractivity contribution in [2.24, 2.45) is 11.8 Å². The number of carboxylic acid groups (broad SMARTS) is 1. The fraction of sp³-hybridized carbons (Fsp3) is 0.800. The predicted molar refractivity (Wildman–Crippen MR) is 51.8 cm³/mol. The highest BCUT2D eigenvalue weighted by atomic mass is 16.4. The van der Waals surface area contributed by atoms with Crippen LogP contribution in [0.25, 0.3) is 0 Å². The van der Waals surface area contributed by atoms with Gasteiger partial charge in [-0.2, -0.15) is 0 Å². The molecule has 14 heavy (non-hydrogen) atoms. The third kappa shape index (κ3) is 3.01. The minimum absolute atomic E-state index is 0.0237. The fourth-order valence-corrected chi connectivity index (χ4v) is 1.67. The quantitative estimate of drug-likeness (QED) is 0.710. The van der Waals surface area contributed by atoms with Gasteiger partial charge in [-0.15, -0.1) is 0 Å². The molecule has 4 nitrogen and oxygen atoms in total. The van der Waals surface area contributed by atoms with Gasteiger partial charge in [0, 0.05) is 12.5 Å². The molecule has 2 N–H and O–H groups in total. The number of carbonyl (C=O) groups excluding carboxylic acids is 1. The molecular weight excluding hydrogens is 182 g/mol. The third-order valence-electron chi connectivity index (χ3n) is 2.73. The lowest BCUT2D eigenvalue weighted by Crippen LogP contribution is -2.34. The number of carbonyl (C=O) groups is 2. The van der Waals surface area contributed by atoms with Crippen LogP contribution >= 0.6 is 0 Å². The Morgan fingerprint density at radius 3 is 2.50 bits per heavy atom. The van der Waals surface area contributed by atoms with Crippen LogP contribution in [0.15, 0.2) is 0 Å². The Bertz CT molecular complexity index is 221. The van der Waals surface area contributed by atoms with Crippen LogP contribution in [0.2, 0.25) is 0 Å². The molecule has 0 spiro atoms. The van der Waals surface area contributed by atoms with Gasteiger partial charge in [-0.3, -0.25) is 9.59 Å². The average Bonchev–Trinajstić information content (AvgIpc) is 2.66. The van der Waals surface area contributed by atoms with Crippen LogP contribution in [0.3, 0.4) is 0 Å². The van der Waals surface area contributed by atoms with E-state index in [2.05, 4.69) is 5.32 Å². The molecule has 1 aliphatic carbocycles. The van der Waals surface area contributed by atoms with Crippen molar-refractivity contribution < 1.29 is 14.7 Å². The Morgan fingerprint density at radius 1 is 1.43 bits per heavy atom.